The number of aryl methyl sites for hydroxylation is 1. The van der Waals surface area contributed by atoms with Gasteiger partial charge in [0.25, 0.3) is 0 Å². The highest BCUT2D eigenvalue weighted by atomic mass is 35.5. The first-order chi connectivity index (χ1) is 12.6. The van der Waals surface area contributed by atoms with Crippen molar-refractivity contribution in [2.75, 3.05) is 6.26 Å². The highest BCUT2D eigenvalue weighted by molar-refractivity contribution is 7.98. The Morgan fingerprint density at radius 2 is 1.65 bits per heavy atom. The van der Waals surface area contributed by atoms with Gasteiger partial charge in [0.15, 0.2) is 0 Å². The minimum Gasteiger partial charge on any atom is -0.283 e. The monoisotopic (exact) mass is 399 g/mol. The van der Waals surface area contributed by atoms with Crippen LogP contribution in [0.2, 0.25) is 10.0 Å². The van der Waals surface area contributed by atoms with Crippen molar-refractivity contribution < 1.29 is 0 Å². The van der Waals surface area contributed by atoms with Crippen molar-refractivity contribution in [3.8, 4) is 22.5 Å². The summed E-state index contributed by atoms with van der Waals surface area (Å²) in [6.45, 7) is 1.96. The molecule has 0 N–H and O–H groups in total. The third kappa shape index (κ3) is 3.09. The summed E-state index contributed by atoms with van der Waals surface area (Å²) in [4.78, 5) is 10.4. The molecule has 2 aromatic carbocycles. The fourth-order valence-corrected chi connectivity index (χ4v) is 3.91. The SMILES string of the molecule is CSc1ccc(-c2c(-c3ccc(Cl)cc3)nc3nc(C)ccn23)cc1Cl. The second-order valence-electron chi connectivity index (χ2n) is 5.90. The molecule has 0 aliphatic heterocycles. The van der Waals surface area contributed by atoms with Crippen LogP contribution in [0.25, 0.3) is 28.3 Å². The maximum atomic E-state index is 6.46. The third-order valence-corrected chi connectivity index (χ3v) is 5.65. The summed E-state index contributed by atoms with van der Waals surface area (Å²) < 4.78 is 2.00. The molecule has 0 radical (unpaired) electrons. The minimum absolute atomic E-state index is 0.662. The number of thioether (sulfide) groups is 1. The average molecular weight is 400 g/mol. The Labute approximate surface area is 166 Å². The van der Waals surface area contributed by atoms with E-state index in [2.05, 4.69) is 11.1 Å². The zero-order valence-corrected chi connectivity index (χ0v) is 16.5. The number of fused-ring (bicyclic) bond motifs is 1. The van der Waals surface area contributed by atoms with Gasteiger partial charge < -0.3 is 0 Å². The highest BCUT2D eigenvalue weighted by Gasteiger charge is 2.17. The largest absolute Gasteiger partial charge is 0.283 e. The molecular weight excluding hydrogens is 385 g/mol. The van der Waals surface area contributed by atoms with Crippen LogP contribution in [0.4, 0.5) is 0 Å². The predicted molar refractivity (Wildman–Crippen MR) is 110 cm³/mol. The van der Waals surface area contributed by atoms with E-state index in [4.69, 9.17) is 28.2 Å². The molecule has 2 aromatic heterocycles. The molecule has 4 rings (SSSR count). The van der Waals surface area contributed by atoms with Gasteiger partial charge in [-0.15, -0.1) is 11.8 Å². The Kier molecular flexibility index (Phi) is 4.65. The zero-order valence-electron chi connectivity index (χ0n) is 14.2. The van der Waals surface area contributed by atoms with Crippen LogP contribution in [-0.2, 0) is 0 Å². The first-order valence-corrected chi connectivity index (χ1v) is 10.0. The average Bonchev–Trinajstić information content (AvgIpc) is 3.00. The van der Waals surface area contributed by atoms with Gasteiger partial charge in [-0.2, -0.15) is 0 Å². The Morgan fingerprint density at radius 3 is 2.35 bits per heavy atom. The van der Waals surface area contributed by atoms with Crippen molar-refractivity contribution in [2.24, 2.45) is 0 Å². The lowest BCUT2D eigenvalue weighted by Gasteiger charge is -2.08. The molecule has 0 spiro atoms. The van der Waals surface area contributed by atoms with E-state index < -0.39 is 0 Å². The van der Waals surface area contributed by atoms with Gasteiger partial charge in [0.2, 0.25) is 5.78 Å². The molecule has 6 heteroatoms. The summed E-state index contributed by atoms with van der Waals surface area (Å²) in [5.74, 6) is 0.662. The standard InChI is InChI=1S/C20H15Cl2N3S/c1-12-9-10-25-19(14-5-8-17(26-2)16(22)11-14)18(24-20(25)23-12)13-3-6-15(21)7-4-13/h3-11H,1-2H3. The molecular formula is C20H15Cl2N3S. The molecule has 3 nitrogen and oxygen atoms in total. The lowest BCUT2D eigenvalue weighted by atomic mass is 10.0. The molecule has 0 atom stereocenters. The lowest BCUT2D eigenvalue weighted by molar-refractivity contribution is 1.07. The van der Waals surface area contributed by atoms with Gasteiger partial charge in [-0.25, -0.2) is 9.97 Å². The molecule has 0 bridgehead atoms. The van der Waals surface area contributed by atoms with Gasteiger partial charge >= 0.3 is 0 Å². The Morgan fingerprint density at radius 1 is 0.923 bits per heavy atom. The molecule has 0 aliphatic carbocycles. The number of hydrogen-bond acceptors (Lipinski definition) is 3. The van der Waals surface area contributed by atoms with Crippen LogP contribution in [0, 0.1) is 6.92 Å². The molecule has 2 heterocycles. The minimum atomic E-state index is 0.662. The third-order valence-electron chi connectivity index (χ3n) is 4.18. The summed E-state index contributed by atoms with van der Waals surface area (Å²) in [5, 5.41) is 1.42. The molecule has 130 valence electrons. The molecule has 0 saturated heterocycles. The van der Waals surface area contributed by atoms with Gasteiger partial charge in [0.05, 0.1) is 16.4 Å². The second kappa shape index (κ2) is 6.95. The van der Waals surface area contributed by atoms with Crippen LogP contribution in [0.5, 0.6) is 0 Å². The summed E-state index contributed by atoms with van der Waals surface area (Å²) in [7, 11) is 0. The van der Waals surface area contributed by atoms with E-state index in [0.717, 1.165) is 38.1 Å². The van der Waals surface area contributed by atoms with Crippen LogP contribution < -0.4 is 0 Å². The van der Waals surface area contributed by atoms with Crippen molar-refractivity contribution >= 4 is 40.7 Å². The van der Waals surface area contributed by atoms with Gasteiger partial charge in [-0.3, -0.25) is 4.40 Å². The molecule has 0 amide bonds. The zero-order chi connectivity index (χ0) is 18.3. The number of halogens is 2. The van der Waals surface area contributed by atoms with Gasteiger partial charge in [0, 0.05) is 32.9 Å². The van der Waals surface area contributed by atoms with E-state index in [0.29, 0.717) is 10.8 Å². The maximum absolute atomic E-state index is 6.46. The Bertz CT molecular complexity index is 1100. The van der Waals surface area contributed by atoms with E-state index in [9.17, 15) is 0 Å². The number of rotatable bonds is 3. The summed E-state index contributed by atoms with van der Waals surface area (Å²) >= 11 is 14.1. The Balaban J connectivity index is 2.01. The smallest absolute Gasteiger partial charge is 0.235 e. The fourth-order valence-electron chi connectivity index (χ4n) is 2.92. The summed E-state index contributed by atoms with van der Waals surface area (Å²) in [6, 6.07) is 15.7. The maximum Gasteiger partial charge on any atom is 0.235 e. The topological polar surface area (TPSA) is 30.2 Å². The lowest BCUT2D eigenvalue weighted by Crippen LogP contribution is -1.93. The van der Waals surface area contributed by atoms with Crippen molar-refractivity contribution in [1.29, 1.82) is 0 Å². The van der Waals surface area contributed by atoms with Crippen LogP contribution in [0.15, 0.2) is 59.6 Å². The number of benzene rings is 2. The first kappa shape index (κ1) is 17.4. The van der Waals surface area contributed by atoms with E-state index in [1.165, 1.54) is 0 Å². The van der Waals surface area contributed by atoms with Gasteiger partial charge in [-0.1, -0.05) is 41.4 Å². The van der Waals surface area contributed by atoms with Crippen molar-refractivity contribution in [2.45, 2.75) is 11.8 Å². The molecule has 0 unspecified atom stereocenters. The molecule has 4 aromatic rings. The fraction of sp³-hybridized carbons (Fsp3) is 0.100. The number of hydrogen-bond donors (Lipinski definition) is 0. The quantitative estimate of drug-likeness (QED) is 0.373. The van der Waals surface area contributed by atoms with Crippen LogP contribution in [0.1, 0.15) is 5.69 Å². The molecule has 26 heavy (non-hydrogen) atoms. The van der Waals surface area contributed by atoms with Gasteiger partial charge in [0.1, 0.15) is 0 Å². The van der Waals surface area contributed by atoms with E-state index in [-0.39, 0.29) is 0 Å². The molecule has 0 aliphatic rings. The van der Waals surface area contributed by atoms with E-state index >= 15 is 0 Å². The van der Waals surface area contributed by atoms with E-state index in [1.807, 2.05) is 66.2 Å². The number of nitrogens with zero attached hydrogens (tertiary/aromatic N) is 3. The molecule has 0 fully saturated rings. The van der Waals surface area contributed by atoms with Crippen molar-refractivity contribution in [3.05, 3.63) is 70.5 Å². The van der Waals surface area contributed by atoms with Gasteiger partial charge in [-0.05, 0) is 43.5 Å². The predicted octanol–water partition coefficient (Wildman–Crippen LogP) is 6.40. The van der Waals surface area contributed by atoms with Crippen molar-refractivity contribution in [1.82, 2.24) is 14.4 Å². The van der Waals surface area contributed by atoms with Crippen LogP contribution >= 0.6 is 35.0 Å². The first-order valence-electron chi connectivity index (χ1n) is 8.02. The van der Waals surface area contributed by atoms with Crippen LogP contribution in [-0.4, -0.2) is 20.6 Å². The summed E-state index contributed by atoms with van der Waals surface area (Å²) in [5.41, 5.74) is 4.72. The molecule has 0 saturated carbocycles. The van der Waals surface area contributed by atoms with Crippen LogP contribution in [0.3, 0.4) is 0 Å². The number of imidazole rings is 1. The highest BCUT2D eigenvalue weighted by Crippen LogP contribution is 2.36. The van der Waals surface area contributed by atoms with E-state index in [1.54, 1.807) is 11.8 Å². The second-order valence-corrected chi connectivity index (χ2v) is 7.60. The number of aromatic nitrogens is 3. The normalized spacial score (nSPS) is 11.2. The van der Waals surface area contributed by atoms with Crippen molar-refractivity contribution in [3.63, 3.8) is 0 Å². The Hall–Kier alpha value is -2.01. The summed E-state index contributed by atoms with van der Waals surface area (Å²) in [6.07, 6.45) is 4.01.